The quantitative estimate of drug-likeness (QED) is 0.611. The first-order valence-corrected chi connectivity index (χ1v) is 10.4. The summed E-state index contributed by atoms with van der Waals surface area (Å²) in [6, 6.07) is 20.7. The summed E-state index contributed by atoms with van der Waals surface area (Å²) in [4.78, 5) is 24.0. The maximum atomic E-state index is 12.9. The van der Waals surface area contributed by atoms with Crippen LogP contribution < -0.4 is 9.62 Å². The molecule has 0 spiro atoms. The van der Waals surface area contributed by atoms with E-state index in [-0.39, 0.29) is 4.90 Å². The predicted molar refractivity (Wildman–Crippen MR) is 114 cm³/mol. The summed E-state index contributed by atoms with van der Waals surface area (Å²) >= 11 is 0. The first kappa shape index (κ1) is 21.1. The number of anilines is 2. The molecule has 0 atom stereocenters. The van der Waals surface area contributed by atoms with Gasteiger partial charge in [0.05, 0.1) is 23.3 Å². The molecule has 8 heteroatoms. The molecule has 0 heterocycles. The Labute approximate surface area is 175 Å². The lowest BCUT2D eigenvalue weighted by Crippen LogP contribution is -2.26. The fraction of sp³-hybridized carbons (Fsp3) is 0.0909. The van der Waals surface area contributed by atoms with Gasteiger partial charge < -0.3 is 10.1 Å². The van der Waals surface area contributed by atoms with Crippen LogP contribution in [0.25, 0.3) is 0 Å². The van der Waals surface area contributed by atoms with Crippen molar-refractivity contribution in [3.8, 4) is 0 Å². The zero-order chi connectivity index (χ0) is 21.7. The highest BCUT2D eigenvalue weighted by Gasteiger charge is 2.21. The van der Waals surface area contributed by atoms with Crippen molar-refractivity contribution in [3.05, 3.63) is 90.0 Å². The van der Waals surface area contributed by atoms with Crippen LogP contribution in [0.3, 0.4) is 0 Å². The van der Waals surface area contributed by atoms with Crippen molar-refractivity contribution in [2.75, 3.05) is 23.8 Å². The van der Waals surface area contributed by atoms with Crippen molar-refractivity contribution in [3.63, 3.8) is 0 Å². The third-order valence-corrected chi connectivity index (χ3v) is 6.22. The van der Waals surface area contributed by atoms with Gasteiger partial charge in [-0.05, 0) is 54.6 Å². The molecule has 7 nitrogen and oxygen atoms in total. The lowest BCUT2D eigenvalue weighted by molar-refractivity contribution is 0.0600. The van der Waals surface area contributed by atoms with Crippen molar-refractivity contribution >= 4 is 33.3 Å². The van der Waals surface area contributed by atoms with E-state index in [4.69, 9.17) is 0 Å². The van der Waals surface area contributed by atoms with Crippen molar-refractivity contribution in [1.29, 1.82) is 0 Å². The fourth-order valence-electron chi connectivity index (χ4n) is 2.75. The first-order valence-electron chi connectivity index (χ1n) is 8.96. The zero-order valence-electron chi connectivity index (χ0n) is 16.4. The van der Waals surface area contributed by atoms with Gasteiger partial charge in [-0.1, -0.05) is 24.3 Å². The molecule has 0 aliphatic heterocycles. The zero-order valence-corrected chi connectivity index (χ0v) is 17.2. The molecule has 30 heavy (non-hydrogen) atoms. The number of ether oxygens (including phenoxy) is 1. The number of amides is 1. The minimum Gasteiger partial charge on any atom is -0.465 e. The largest absolute Gasteiger partial charge is 0.465 e. The standard InChI is InChI=1S/C22H20N2O5S/c1-24(19-8-4-3-5-9-19)30(27,28)20-10-6-7-18(15-20)23-21(25)16-11-13-17(14-12-16)22(26)29-2/h3-15H,1-2H3,(H,23,25). The van der Waals surface area contributed by atoms with E-state index in [1.807, 2.05) is 0 Å². The number of nitrogens with zero attached hydrogens (tertiary/aromatic N) is 1. The van der Waals surface area contributed by atoms with E-state index >= 15 is 0 Å². The minimum absolute atomic E-state index is 0.0488. The average Bonchev–Trinajstić information content (AvgIpc) is 2.78. The molecule has 0 saturated carbocycles. The van der Waals surface area contributed by atoms with Crippen LogP contribution in [-0.2, 0) is 14.8 Å². The van der Waals surface area contributed by atoms with Crippen LogP contribution in [0, 0.1) is 0 Å². The molecule has 0 aromatic heterocycles. The monoisotopic (exact) mass is 424 g/mol. The fourth-order valence-corrected chi connectivity index (χ4v) is 3.99. The lowest BCUT2D eigenvalue weighted by atomic mass is 10.1. The molecule has 1 amide bonds. The third-order valence-electron chi connectivity index (χ3n) is 4.44. The minimum atomic E-state index is -3.80. The summed E-state index contributed by atoms with van der Waals surface area (Å²) in [5.41, 5.74) is 1.50. The Morgan fingerprint density at radius 1 is 0.867 bits per heavy atom. The number of hydrogen-bond donors (Lipinski definition) is 1. The molecule has 0 fully saturated rings. The number of esters is 1. The number of methoxy groups -OCH3 is 1. The highest BCUT2D eigenvalue weighted by molar-refractivity contribution is 7.92. The van der Waals surface area contributed by atoms with Gasteiger partial charge in [0, 0.05) is 18.3 Å². The Kier molecular flexibility index (Phi) is 6.17. The number of sulfonamides is 1. The highest BCUT2D eigenvalue weighted by atomic mass is 32.2. The van der Waals surface area contributed by atoms with E-state index in [0.29, 0.717) is 22.5 Å². The normalized spacial score (nSPS) is 10.9. The number of para-hydroxylation sites is 1. The Morgan fingerprint density at radius 3 is 2.13 bits per heavy atom. The van der Waals surface area contributed by atoms with Gasteiger partial charge in [-0.25, -0.2) is 13.2 Å². The summed E-state index contributed by atoms with van der Waals surface area (Å²) in [5.74, 6) is -0.931. The van der Waals surface area contributed by atoms with E-state index in [1.54, 1.807) is 42.5 Å². The van der Waals surface area contributed by atoms with Gasteiger partial charge >= 0.3 is 5.97 Å². The molecule has 3 aromatic carbocycles. The molecular weight excluding hydrogens is 404 g/mol. The van der Waals surface area contributed by atoms with Crippen LogP contribution in [0.2, 0.25) is 0 Å². The first-order chi connectivity index (χ1) is 14.3. The van der Waals surface area contributed by atoms with Crippen LogP contribution in [-0.4, -0.2) is 34.5 Å². The molecular formula is C22H20N2O5S. The van der Waals surface area contributed by atoms with E-state index in [0.717, 1.165) is 0 Å². The summed E-state index contributed by atoms with van der Waals surface area (Å²) in [6.45, 7) is 0. The van der Waals surface area contributed by atoms with Crippen molar-refractivity contribution in [2.24, 2.45) is 0 Å². The molecule has 154 valence electrons. The lowest BCUT2D eigenvalue weighted by Gasteiger charge is -2.19. The second-order valence-corrected chi connectivity index (χ2v) is 8.33. The van der Waals surface area contributed by atoms with Gasteiger partial charge in [-0.15, -0.1) is 0 Å². The third kappa shape index (κ3) is 4.49. The summed E-state index contributed by atoms with van der Waals surface area (Å²) < 4.78 is 31.7. The molecule has 3 rings (SSSR count). The number of hydrogen-bond acceptors (Lipinski definition) is 5. The van der Waals surface area contributed by atoms with Crippen LogP contribution in [0.5, 0.6) is 0 Å². The number of rotatable bonds is 6. The van der Waals surface area contributed by atoms with Gasteiger partial charge in [0.1, 0.15) is 0 Å². The van der Waals surface area contributed by atoms with Gasteiger partial charge in [0.25, 0.3) is 15.9 Å². The van der Waals surface area contributed by atoms with Crippen molar-refractivity contribution in [2.45, 2.75) is 4.90 Å². The van der Waals surface area contributed by atoms with Crippen LogP contribution in [0.1, 0.15) is 20.7 Å². The number of carbonyl (C=O) groups excluding carboxylic acids is 2. The molecule has 1 N–H and O–H groups in total. The second-order valence-electron chi connectivity index (χ2n) is 6.36. The van der Waals surface area contributed by atoms with E-state index in [1.165, 1.54) is 54.9 Å². The molecule has 0 unspecified atom stereocenters. The Hall–Kier alpha value is -3.65. The van der Waals surface area contributed by atoms with Gasteiger partial charge in [0.15, 0.2) is 0 Å². The van der Waals surface area contributed by atoms with Gasteiger partial charge in [0.2, 0.25) is 0 Å². The Balaban J connectivity index is 1.80. The molecule has 0 bridgehead atoms. The predicted octanol–water partition coefficient (Wildman–Crippen LogP) is 3.55. The number of benzene rings is 3. The van der Waals surface area contributed by atoms with Gasteiger partial charge in [-0.3, -0.25) is 9.10 Å². The summed E-state index contributed by atoms with van der Waals surface area (Å²) in [5, 5.41) is 2.67. The van der Waals surface area contributed by atoms with E-state index in [9.17, 15) is 18.0 Å². The number of carbonyl (C=O) groups is 2. The van der Waals surface area contributed by atoms with Crippen molar-refractivity contribution < 1.29 is 22.7 Å². The second kappa shape index (κ2) is 8.79. The van der Waals surface area contributed by atoms with Crippen LogP contribution >= 0.6 is 0 Å². The average molecular weight is 424 g/mol. The molecule has 0 aliphatic rings. The Morgan fingerprint density at radius 2 is 1.50 bits per heavy atom. The topological polar surface area (TPSA) is 92.8 Å². The Bertz CT molecular complexity index is 1160. The maximum Gasteiger partial charge on any atom is 0.337 e. The summed E-state index contributed by atoms with van der Waals surface area (Å²) in [7, 11) is -1.05. The molecule has 0 radical (unpaired) electrons. The maximum absolute atomic E-state index is 12.9. The van der Waals surface area contributed by atoms with Crippen LogP contribution in [0.4, 0.5) is 11.4 Å². The SMILES string of the molecule is COC(=O)c1ccc(C(=O)Nc2cccc(S(=O)(=O)N(C)c3ccccc3)c2)cc1. The van der Waals surface area contributed by atoms with Crippen LogP contribution in [0.15, 0.2) is 83.8 Å². The smallest absolute Gasteiger partial charge is 0.337 e. The highest BCUT2D eigenvalue weighted by Crippen LogP contribution is 2.24. The van der Waals surface area contributed by atoms with Gasteiger partial charge in [-0.2, -0.15) is 0 Å². The van der Waals surface area contributed by atoms with Crippen molar-refractivity contribution in [1.82, 2.24) is 0 Å². The summed E-state index contributed by atoms with van der Waals surface area (Å²) in [6.07, 6.45) is 0. The number of nitrogens with one attached hydrogen (secondary N) is 1. The molecule has 0 aliphatic carbocycles. The van der Waals surface area contributed by atoms with E-state index < -0.39 is 21.9 Å². The van der Waals surface area contributed by atoms with E-state index in [2.05, 4.69) is 10.1 Å². The molecule has 3 aromatic rings. The molecule has 0 saturated heterocycles.